The van der Waals surface area contributed by atoms with Gasteiger partial charge in [0.1, 0.15) is 17.3 Å². The molecule has 0 aliphatic heterocycles. The zero-order chi connectivity index (χ0) is 16.7. The molecule has 1 aromatic carbocycles. The van der Waals surface area contributed by atoms with Crippen LogP contribution in [0.1, 0.15) is 36.7 Å². The topological polar surface area (TPSA) is 66.9 Å². The predicted octanol–water partition coefficient (Wildman–Crippen LogP) is 4.12. The van der Waals surface area contributed by atoms with E-state index in [4.69, 9.17) is 11.6 Å². The van der Waals surface area contributed by atoms with Crippen LogP contribution in [0.5, 0.6) is 0 Å². The highest BCUT2D eigenvalue weighted by Gasteiger charge is 2.10. The number of carbonyl (C=O) groups is 1. The van der Waals surface area contributed by atoms with E-state index in [1.807, 2.05) is 0 Å². The Balaban J connectivity index is 1.93. The highest BCUT2D eigenvalue weighted by molar-refractivity contribution is 6.31. The van der Waals surface area contributed by atoms with Gasteiger partial charge in [0.15, 0.2) is 0 Å². The summed E-state index contributed by atoms with van der Waals surface area (Å²) in [6.07, 6.45) is 6.27. The van der Waals surface area contributed by atoms with E-state index < -0.39 is 11.7 Å². The molecule has 5 nitrogen and oxygen atoms in total. The number of aromatic nitrogens is 2. The molecule has 0 saturated carbocycles. The largest absolute Gasteiger partial charge is 0.369 e. The van der Waals surface area contributed by atoms with Crippen molar-refractivity contribution in [1.29, 1.82) is 0 Å². The smallest absolute Gasteiger partial charge is 0.275 e. The Kier molecular flexibility index (Phi) is 6.29. The first-order valence-corrected chi connectivity index (χ1v) is 7.80. The number of unbranched alkanes of at least 4 members (excludes halogenated alkanes) is 2. The van der Waals surface area contributed by atoms with E-state index in [9.17, 15) is 9.18 Å². The Morgan fingerprint density at radius 3 is 2.74 bits per heavy atom. The second-order valence-electron chi connectivity index (χ2n) is 5.00. The maximum absolute atomic E-state index is 13.1. The number of amides is 1. The van der Waals surface area contributed by atoms with Crippen LogP contribution >= 0.6 is 11.6 Å². The van der Waals surface area contributed by atoms with Crippen molar-refractivity contribution in [3.63, 3.8) is 0 Å². The van der Waals surface area contributed by atoms with Crippen LogP contribution in [0.25, 0.3) is 0 Å². The summed E-state index contributed by atoms with van der Waals surface area (Å²) in [4.78, 5) is 20.3. The Labute approximate surface area is 139 Å². The number of anilines is 2. The minimum absolute atomic E-state index is 0.0551. The van der Waals surface area contributed by atoms with Crippen molar-refractivity contribution in [3.05, 3.63) is 47.1 Å². The lowest BCUT2D eigenvalue weighted by Gasteiger charge is -2.07. The van der Waals surface area contributed by atoms with Crippen LogP contribution in [-0.4, -0.2) is 22.4 Å². The van der Waals surface area contributed by atoms with Gasteiger partial charge in [-0.3, -0.25) is 4.79 Å². The summed E-state index contributed by atoms with van der Waals surface area (Å²) in [5.74, 6) is -0.344. The maximum atomic E-state index is 13.1. The van der Waals surface area contributed by atoms with Gasteiger partial charge >= 0.3 is 0 Å². The first-order chi connectivity index (χ1) is 11.1. The molecule has 0 aliphatic rings. The van der Waals surface area contributed by atoms with Crippen LogP contribution in [0.4, 0.5) is 15.9 Å². The van der Waals surface area contributed by atoms with Gasteiger partial charge < -0.3 is 10.6 Å². The van der Waals surface area contributed by atoms with Crippen molar-refractivity contribution < 1.29 is 9.18 Å². The van der Waals surface area contributed by atoms with Crippen LogP contribution in [-0.2, 0) is 0 Å². The van der Waals surface area contributed by atoms with Gasteiger partial charge in [-0.25, -0.2) is 14.4 Å². The van der Waals surface area contributed by atoms with Crippen molar-refractivity contribution in [2.24, 2.45) is 0 Å². The molecule has 122 valence electrons. The summed E-state index contributed by atoms with van der Waals surface area (Å²) >= 11 is 5.67. The Hall–Kier alpha value is -2.21. The molecule has 0 saturated heterocycles. The number of rotatable bonds is 7. The van der Waals surface area contributed by atoms with Crippen molar-refractivity contribution in [3.8, 4) is 0 Å². The van der Waals surface area contributed by atoms with E-state index in [2.05, 4.69) is 27.5 Å². The molecule has 1 aromatic heterocycles. The molecular formula is C16H18ClFN4O. The molecule has 0 spiro atoms. The zero-order valence-corrected chi connectivity index (χ0v) is 13.5. The molecule has 2 aromatic rings. The van der Waals surface area contributed by atoms with E-state index in [0.717, 1.165) is 25.8 Å². The first-order valence-electron chi connectivity index (χ1n) is 7.42. The van der Waals surface area contributed by atoms with Gasteiger partial charge in [-0.1, -0.05) is 31.4 Å². The molecule has 2 rings (SSSR count). The number of carbonyl (C=O) groups excluding carboxylic acids is 1. The average Bonchev–Trinajstić information content (AvgIpc) is 2.55. The van der Waals surface area contributed by atoms with Crippen molar-refractivity contribution in [2.45, 2.75) is 26.2 Å². The summed E-state index contributed by atoms with van der Waals surface area (Å²) in [5, 5.41) is 5.68. The Bertz CT molecular complexity index is 664. The minimum Gasteiger partial charge on any atom is -0.369 e. The third-order valence-electron chi connectivity index (χ3n) is 3.15. The predicted molar refractivity (Wildman–Crippen MR) is 89.4 cm³/mol. The van der Waals surface area contributed by atoms with Crippen LogP contribution in [0.15, 0.2) is 30.6 Å². The summed E-state index contributed by atoms with van der Waals surface area (Å²) in [5.41, 5.74) is 0.564. The van der Waals surface area contributed by atoms with Gasteiger partial charge in [-0.15, -0.1) is 0 Å². The second-order valence-corrected chi connectivity index (χ2v) is 5.41. The van der Waals surface area contributed by atoms with E-state index in [0.29, 0.717) is 11.5 Å². The minimum atomic E-state index is -0.539. The lowest BCUT2D eigenvalue weighted by molar-refractivity contribution is 0.102. The molecule has 0 bridgehead atoms. The summed E-state index contributed by atoms with van der Waals surface area (Å²) in [6, 6.07) is 3.95. The fraction of sp³-hybridized carbons (Fsp3) is 0.312. The number of nitrogens with one attached hydrogen (secondary N) is 2. The van der Waals surface area contributed by atoms with E-state index in [1.165, 1.54) is 30.6 Å². The van der Waals surface area contributed by atoms with Crippen molar-refractivity contribution >= 4 is 29.0 Å². The third kappa shape index (κ3) is 5.17. The van der Waals surface area contributed by atoms with Gasteiger partial charge in [0.2, 0.25) is 0 Å². The molecule has 7 heteroatoms. The van der Waals surface area contributed by atoms with Crippen LogP contribution < -0.4 is 10.6 Å². The van der Waals surface area contributed by atoms with Gasteiger partial charge in [-0.05, 0) is 24.6 Å². The summed E-state index contributed by atoms with van der Waals surface area (Å²) in [6.45, 7) is 2.96. The molecule has 1 amide bonds. The lowest BCUT2D eigenvalue weighted by atomic mass is 10.2. The molecule has 0 radical (unpaired) electrons. The lowest BCUT2D eigenvalue weighted by Crippen LogP contribution is -2.14. The quantitative estimate of drug-likeness (QED) is 0.746. The number of benzene rings is 1. The number of hydrogen-bond acceptors (Lipinski definition) is 4. The highest BCUT2D eigenvalue weighted by atomic mass is 35.5. The first kappa shape index (κ1) is 17.1. The number of nitrogens with zero attached hydrogens (tertiary/aromatic N) is 2. The van der Waals surface area contributed by atoms with Gasteiger partial charge in [0.25, 0.3) is 5.91 Å². The SMILES string of the molecule is CCCCCNc1cnc(C(=O)Nc2ccc(F)c(Cl)c2)cn1. The molecule has 2 N–H and O–H groups in total. The van der Waals surface area contributed by atoms with E-state index in [-0.39, 0.29) is 10.7 Å². The van der Waals surface area contributed by atoms with E-state index >= 15 is 0 Å². The van der Waals surface area contributed by atoms with Gasteiger partial charge in [-0.2, -0.15) is 0 Å². The maximum Gasteiger partial charge on any atom is 0.275 e. The molecule has 0 fully saturated rings. The van der Waals surface area contributed by atoms with Crippen molar-refractivity contribution in [1.82, 2.24) is 9.97 Å². The molecule has 0 unspecified atom stereocenters. The summed E-state index contributed by atoms with van der Waals surface area (Å²) < 4.78 is 13.1. The van der Waals surface area contributed by atoms with Crippen molar-refractivity contribution in [2.75, 3.05) is 17.2 Å². The third-order valence-corrected chi connectivity index (χ3v) is 3.44. The average molecular weight is 337 g/mol. The Morgan fingerprint density at radius 2 is 2.09 bits per heavy atom. The molecule has 23 heavy (non-hydrogen) atoms. The fourth-order valence-corrected chi connectivity index (χ4v) is 2.08. The monoisotopic (exact) mass is 336 g/mol. The number of halogens is 2. The Morgan fingerprint density at radius 1 is 1.26 bits per heavy atom. The number of hydrogen-bond donors (Lipinski definition) is 2. The molecule has 0 aliphatic carbocycles. The van der Waals surface area contributed by atoms with Crippen LogP contribution in [0, 0.1) is 5.82 Å². The van der Waals surface area contributed by atoms with Gasteiger partial charge in [0, 0.05) is 12.2 Å². The van der Waals surface area contributed by atoms with Gasteiger partial charge in [0.05, 0.1) is 17.4 Å². The molecule has 1 heterocycles. The normalized spacial score (nSPS) is 10.4. The highest BCUT2D eigenvalue weighted by Crippen LogP contribution is 2.19. The standard InChI is InChI=1S/C16H18ClFN4O/c1-2-3-4-7-19-15-10-20-14(9-21-15)16(23)22-11-5-6-13(18)12(17)8-11/h5-6,8-10H,2-4,7H2,1H3,(H,19,21)(H,22,23). The summed E-state index contributed by atoms with van der Waals surface area (Å²) in [7, 11) is 0. The molecule has 0 atom stereocenters. The fourth-order valence-electron chi connectivity index (χ4n) is 1.90. The van der Waals surface area contributed by atoms with E-state index in [1.54, 1.807) is 0 Å². The molecular weight excluding hydrogens is 319 g/mol. The second kappa shape index (κ2) is 8.43. The van der Waals surface area contributed by atoms with Crippen LogP contribution in [0.2, 0.25) is 5.02 Å². The zero-order valence-electron chi connectivity index (χ0n) is 12.8. The van der Waals surface area contributed by atoms with Crippen LogP contribution in [0.3, 0.4) is 0 Å².